The van der Waals surface area contributed by atoms with Gasteiger partial charge in [0.15, 0.2) is 0 Å². The van der Waals surface area contributed by atoms with E-state index >= 15 is 0 Å². The number of aryl methyl sites for hydroxylation is 1. The molecule has 0 aromatic heterocycles. The highest BCUT2D eigenvalue weighted by Gasteiger charge is 2.39. The van der Waals surface area contributed by atoms with Crippen molar-refractivity contribution in [2.24, 2.45) is 17.6 Å². The van der Waals surface area contributed by atoms with E-state index in [0.29, 0.717) is 45.3 Å². The van der Waals surface area contributed by atoms with Crippen LogP contribution in [0, 0.1) is 11.8 Å². The minimum atomic E-state index is -0.618. The molecule has 6 heteroatoms. The number of aliphatic hydroxyl groups excluding tert-OH is 3. The Bertz CT molecular complexity index is 606. The molecule has 1 aliphatic rings. The van der Waals surface area contributed by atoms with Gasteiger partial charge in [0.1, 0.15) is 0 Å². The number of ether oxygens (including phenoxy) is 1. The molecule has 1 aliphatic carbocycles. The smallest absolute Gasteiger partial charge is 0.217 e. The minimum Gasteiger partial charge on any atom is -0.393 e. The topological polar surface area (TPSA) is 113 Å². The zero-order valence-electron chi connectivity index (χ0n) is 16.3. The number of rotatable bonds is 12. The highest BCUT2D eigenvalue weighted by Crippen LogP contribution is 2.36. The molecule has 5 N–H and O–H groups in total. The Kier molecular flexibility index (Phi) is 9.64. The molecule has 156 valence electrons. The van der Waals surface area contributed by atoms with Gasteiger partial charge in [0.25, 0.3) is 0 Å². The third-order valence-corrected chi connectivity index (χ3v) is 5.35. The van der Waals surface area contributed by atoms with E-state index in [0.717, 1.165) is 6.42 Å². The summed E-state index contributed by atoms with van der Waals surface area (Å²) in [5.41, 5.74) is 6.27. The molecular formula is C22H33NO5. The van der Waals surface area contributed by atoms with Crippen LogP contribution in [0.1, 0.15) is 37.7 Å². The number of carbonyl (C=O) groups excluding carboxylic acids is 1. The number of hydrogen-bond acceptors (Lipinski definition) is 5. The summed E-state index contributed by atoms with van der Waals surface area (Å²) in [7, 11) is 0. The Balaban J connectivity index is 1.76. The first kappa shape index (κ1) is 22.6. The van der Waals surface area contributed by atoms with Gasteiger partial charge in [0.2, 0.25) is 5.91 Å². The molecule has 6 nitrogen and oxygen atoms in total. The SMILES string of the molecule is NC(=O)CCCOCC[C@@H]1[C@@H](/C=C/C(O)CCc2ccccc2)[C@H](O)C[C@@H]1O. The van der Waals surface area contributed by atoms with Crippen molar-refractivity contribution in [1.82, 2.24) is 0 Å². The fourth-order valence-electron chi connectivity index (χ4n) is 3.76. The van der Waals surface area contributed by atoms with E-state index in [-0.39, 0.29) is 17.7 Å². The number of hydrogen-bond donors (Lipinski definition) is 4. The quantitative estimate of drug-likeness (QED) is 0.319. The van der Waals surface area contributed by atoms with E-state index in [9.17, 15) is 20.1 Å². The fraction of sp³-hybridized carbons (Fsp3) is 0.591. The third kappa shape index (κ3) is 7.72. The summed E-state index contributed by atoms with van der Waals surface area (Å²) in [6.45, 7) is 0.904. The Morgan fingerprint density at radius 2 is 1.96 bits per heavy atom. The van der Waals surface area contributed by atoms with Crippen LogP contribution in [-0.4, -0.2) is 52.8 Å². The van der Waals surface area contributed by atoms with Crippen molar-refractivity contribution in [1.29, 1.82) is 0 Å². The summed E-state index contributed by atoms with van der Waals surface area (Å²) in [5.74, 6) is -0.645. The zero-order valence-corrected chi connectivity index (χ0v) is 16.3. The highest BCUT2D eigenvalue weighted by atomic mass is 16.5. The van der Waals surface area contributed by atoms with Crippen LogP contribution >= 0.6 is 0 Å². The summed E-state index contributed by atoms with van der Waals surface area (Å²) in [6.07, 6.45) is 5.02. The molecule has 1 fully saturated rings. The Morgan fingerprint density at radius 3 is 2.68 bits per heavy atom. The first-order chi connectivity index (χ1) is 13.5. The second-order valence-corrected chi connectivity index (χ2v) is 7.56. The average molecular weight is 392 g/mol. The van der Waals surface area contributed by atoms with Gasteiger partial charge < -0.3 is 25.8 Å². The summed E-state index contributed by atoms with van der Waals surface area (Å²) < 4.78 is 5.52. The summed E-state index contributed by atoms with van der Waals surface area (Å²) in [5, 5.41) is 30.8. The second-order valence-electron chi connectivity index (χ2n) is 7.56. The van der Waals surface area contributed by atoms with Crippen molar-refractivity contribution in [3.05, 3.63) is 48.0 Å². The fourth-order valence-corrected chi connectivity index (χ4v) is 3.76. The van der Waals surface area contributed by atoms with E-state index in [1.807, 2.05) is 36.4 Å². The largest absolute Gasteiger partial charge is 0.393 e. The van der Waals surface area contributed by atoms with Crippen molar-refractivity contribution in [2.45, 2.75) is 56.8 Å². The van der Waals surface area contributed by atoms with Gasteiger partial charge in [0, 0.05) is 32.0 Å². The van der Waals surface area contributed by atoms with Crippen molar-refractivity contribution in [3.63, 3.8) is 0 Å². The molecule has 0 saturated heterocycles. The van der Waals surface area contributed by atoms with E-state index in [1.165, 1.54) is 5.56 Å². The molecule has 1 aromatic rings. The molecule has 1 saturated carbocycles. The van der Waals surface area contributed by atoms with Crippen LogP contribution in [0.3, 0.4) is 0 Å². The number of carbonyl (C=O) groups is 1. The Labute approximate surface area is 167 Å². The van der Waals surface area contributed by atoms with Gasteiger partial charge in [-0.15, -0.1) is 0 Å². The Morgan fingerprint density at radius 1 is 1.21 bits per heavy atom. The van der Waals surface area contributed by atoms with Crippen LogP contribution < -0.4 is 5.73 Å². The number of primary amides is 1. The van der Waals surface area contributed by atoms with Crippen LogP contribution in [0.2, 0.25) is 0 Å². The lowest BCUT2D eigenvalue weighted by molar-refractivity contribution is -0.118. The molecule has 1 unspecified atom stereocenters. The number of benzene rings is 1. The van der Waals surface area contributed by atoms with Crippen molar-refractivity contribution < 1.29 is 24.9 Å². The molecule has 0 spiro atoms. The van der Waals surface area contributed by atoms with Gasteiger partial charge in [-0.2, -0.15) is 0 Å². The first-order valence-corrected chi connectivity index (χ1v) is 10.1. The normalized spacial score (nSPS) is 26.0. The van der Waals surface area contributed by atoms with Crippen LogP contribution in [0.25, 0.3) is 0 Å². The highest BCUT2D eigenvalue weighted by molar-refractivity contribution is 5.73. The maximum Gasteiger partial charge on any atom is 0.217 e. The maximum absolute atomic E-state index is 10.7. The van der Waals surface area contributed by atoms with Gasteiger partial charge >= 0.3 is 0 Å². The van der Waals surface area contributed by atoms with E-state index in [1.54, 1.807) is 6.08 Å². The summed E-state index contributed by atoms with van der Waals surface area (Å²) in [6, 6.07) is 10.00. The zero-order chi connectivity index (χ0) is 20.4. The monoisotopic (exact) mass is 391 g/mol. The van der Waals surface area contributed by atoms with E-state index < -0.39 is 18.3 Å². The molecule has 0 aliphatic heterocycles. The van der Waals surface area contributed by atoms with Crippen molar-refractivity contribution in [2.75, 3.05) is 13.2 Å². The number of amides is 1. The summed E-state index contributed by atoms with van der Waals surface area (Å²) in [4.78, 5) is 10.7. The molecule has 1 aromatic carbocycles. The van der Waals surface area contributed by atoms with Gasteiger partial charge in [-0.1, -0.05) is 42.5 Å². The lowest BCUT2D eigenvalue weighted by Crippen LogP contribution is -2.23. The molecule has 1 amide bonds. The molecule has 0 radical (unpaired) electrons. The second kappa shape index (κ2) is 12.0. The minimum absolute atomic E-state index is 0.108. The van der Waals surface area contributed by atoms with Crippen LogP contribution in [0.4, 0.5) is 0 Å². The lowest BCUT2D eigenvalue weighted by Gasteiger charge is -2.21. The predicted octanol–water partition coefficient (Wildman–Crippen LogP) is 1.57. The molecule has 0 heterocycles. The molecule has 5 atom stereocenters. The van der Waals surface area contributed by atoms with Gasteiger partial charge in [-0.3, -0.25) is 4.79 Å². The van der Waals surface area contributed by atoms with E-state index in [2.05, 4.69) is 0 Å². The molecule has 0 bridgehead atoms. The van der Waals surface area contributed by atoms with Gasteiger partial charge in [-0.25, -0.2) is 0 Å². The molecule has 28 heavy (non-hydrogen) atoms. The van der Waals surface area contributed by atoms with Crippen molar-refractivity contribution in [3.8, 4) is 0 Å². The number of nitrogens with two attached hydrogens (primary N) is 1. The predicted molar refractivity (Wildman–Crippen MR) is 107 cm³/mol. The molecule has 2 rings (SSSR count). The van der Waals surface area contributed by atoms with E-state index in [4.69, 9.17) is 10.5 Å². The van der Waals surface area contributed by atoms with Crippen LogP contribution in [-0.2, 0) is 16.0 Å². The Hall–Kier alpha value is -1.73. The number of aliphatic hydroxyl groups is 3. The maximum atomic E-state index is 10.7. The first-order valence-electron chi connectivity index (χ1n) is 10.1. The van der Waals surface area contributed by atoms with Crippen molar-refractivity contribution >= 4 is 5.91 Å². The van der Waals surface area contributed by atoms with Gasteiger partial charge in [0.05, 0.1) is 18.3 Å². The van der Waals surface area contributed by atoms with Gasteiger partial charge in [-0.05, 0) is 37.2 Å². The average Bonchev–Trinajstić information content (AvgIpc) is 2.94. The van der Waals surface area contributed by atoms with Crippen LogP contribution in [0.5, 0.6) is 0 Å². The molecular weight excluding hydrogens is 358 g/mol. The third-order valence-electron chi connectivity index (χ3n) is 5.35. The standard InChI is InChI=1S/C22H33NO5/c23-22(27)7-4-13-28-14-12-19-18(20(25)15-21(19)26)11-10-17(24)9-8-16-5-2-1-3-6-16/h1-3,5-6,10-11,17-21,24-26H,4,7-9,12-15H2,(H2,23,27)/b11-10+/t17?,18-,19-,20-,21+/m1/s1. The lowest BCUT2D eigenvalue weighted by atomic mass is 9.90. The van der Waals surface area contributed by atoms with Crippen LogP contribution in [0.15, 0.2) is 42.5 Å². The summed E-state index contributed by atoms with van der Waals surface area (Å²) >= 11 is 0.